The normalized spacial score (nSPS) is 13.2. The monoisotopic (exact) mass is 337 g/mol. The zero-order chi connectivity index (χ0) is 17.4. The van der Waals surface area contributed by atoms with Gasteiger partial charge in [0.2, 0.25) is 0 Å². The minimum atomic E-state index is -1.55. The van der Waals surface area contributed by atoms with Crippen LogP contribution in [0.15, 0.2) is 24.3 Å². The third kappa shape index (κ3) is 2.46. The Balaban J connectivity index is 1.94. The van der Waals surface area contributed by atoms with Crippen molar-refractivity contribution in [1.82, 2.24) is 4.90 Å². The van der Waals surface area contributed by atoms with Gasteiger partial charge in [0.25, 0.3) is 5.91 Å². The van der Waals surface area contributed by atoms with E-state index in [1.54, 1.807) is 12.1 Å². The fourth-order valence-corrected chi connectivity index (χ4v) is 2.79. The molecule has 1 amide bonds. The fraction of sp³-hybridized carbons (Fsp3) is 0.235. The number of carbonyl (C=O) groups is 1. The number of benzene rings is 2. The highest BCUT2D eigenvalue weighted by Gasteiger charge is 2.33. The van der Waals surface area contributed by atoms with Gasteiger partial charge in [-0.05, 0) is 17.7 Å². The van der Waals surface area contributed by atoms with E-state index in [0.29, 0.717) is 22.6 Å². The Morgan fingerprint density at radius 2 is 1.79 bits per heavy atom. The number of hydrogen-bond acceptors (Lipinski definition) is 3. The molecule has 24 heavy (non-hydrogen) atoms. The van der Waals surface area contributed by atoms with Gasteiger partial charge in [-0.15, -0.1) is 0 Å². The molecule has 2 aromatic carbocycles. The molecular formula is C17H14F3NO3. The topological polar surface area (TPSA) is 38.8 Å². The number of ether oxygens (including phenoxy) is 2. The molecule has 4 nitrogen and oxygen atoms in total. The molecule has 0 radical (unpaired) electrons. The summed E-state index contributed by atoms with van der Waals surface area (Å²) in [5.41, 5.74) is 0.932. The maximum absolute atomic E-state index is 13.8. The third-order valence-electron chi connectivity index (χ3n) is 3.97. The van der Waals surface area contributed by atoms with Crippen molar-refractivity contribution in [2.24, 2.45) is 0 Å². The number of carbonyl (C=O) groups excluding carboxylic acids is 1. The van der Waals surface area contributed by atoms with Gasteiger partial charge in [-0.1, -0.05) is 12.1 Å². The lowest BCUT2D eigenvalue weighted by Crippen LogP contribution is -2.24. The van der Waals surface area contributed by atoms with Crippen molar-refractivity contribution in [3.05, 3.63) is 58.4 Å². The minimum absolute atomic E-state index is 0.0963. The first-order chi connectivity index (χ1) is 11.5. The summed E-state index contributed by atoms with van der Waals surface area (Å²) in [7, 11) is 2.88. The summed E-state index contributed by atoms with van der Waals surface area (Å²) in [6.07, 6.45) is 0. The molecule has 1 aliphatic rings. The van der Waals surface area contributed by atoms with Crippen molar-refractivity contribution < 1.29 is 27.4 Å². The van der Waals surface area contributed by atoms with E-state index in [0.717, 1.165) is 12.1 Å². The van der Waals surface area contributed by atoms with E-state index in [1.807, 2.05) is 0 Å². The zero-order valence-electron chi connectivity index (χ0n) is 13.0. The number of nitrogens with zero attached hydrogens (tertiary/aromatic N) is 1. The average Bonchev–Trinajstić information content (AvgIpc) is 2.90. The van der Waals surface area contributed by atoms with Crippen LogP contribution in [0.5, 0.6) is 11.5 Å². The zero-order valence-corrected chi connectivity index (χ0v) is 13.0. The van der Waals surface area contributed by atoms with Crippen molar-refractivity contribution in [3.63, 3.8) is 0 Å². The van der Waals surface area contributed by atoms with Gasteiger partial charge < -0.3 is 14.4 Å². The van der Waals surface area contributed by atoms with Crippen molar-refractivity contribution in [2.45, 2.75) is 13.1 Å². The van der Waals surface area contributed by atoms with Crippen LogP contribution in [0.1, 0.15) is 21.5 Å². The van der Waals surface area contributed by atoms with Crippen LogP contribution in [0.4, 0.5) is 13.2 Å². The number of halogens is 3. The second-order valence-corrected chi connectivity index (χ2v) is 5.33. The van der Waals surface area contributed by atoms with Gasteiger partial charge in [0.05, 0.1) is 19.8 Å². The number of hydrogen-bond donors (Lipinski definition) is 0. The van der Waals surface area contributed by atoms with Crippen molar-refractivity contribution in [2.75, 3.05) is 14.2 Å². The predicted molar refractivity (Wildman–Crippen MR) is 79.4 cm³/mol. The first-order valence-electron chi connectivity index (χ1n) is 7.13. The van der Waals surface area contributed by atoms with Gasteiger partial charge in [0, 0.05) is 18.7 Å². The molecule has 0 saturated heterocycles. The maximum Gasteiger partial charge on any atom is 0.258 e. The Morgan fingerprint density at radius 3 is 2.46 bits per heavy atom. The van der Waals surface area contributed by atoms with Crippen LogP contribution in [-0.4, -0.2) is 25.0 Å². The summed E-state index contributed by atoms with van der Waals surface area (Å²) in [5.74, 6) is -3.78. The summed E-state index contributed by atoms with van der Waals surface area (Å²) < 4.78 is 50.6. The van der Waals surface area contributed by atoms with E-state index < -0.39 is 17.5 Å². The molecule has 0 fully saturated rings. The van der Waals surface area contributed by atoms with Crippen LogP contribution >= 0.6 is 0 Å². The van der Waals surface area contributed by atoms with Crippen LogP contribution in [0, 0.1) is 17.5 Å². The summed E-state index contributed by atoms with van der Waals surface area (Å²) >= 11 is 0. The molecule has 1 heterocycles. The number of rotatable bonds is 4. The van der Waals surface area contributed by atoms with Crippen LogP contribution in [0.25, 0.3) is 0 Å². The van der Waals surface area contributed by atoms with Crippen molar-refractivity contribution in [3.8, 4) is 11.5 Å². The highest BCUT2D eigenvalue weighted by Crippen LogP contribution is 2.38. The van der Waals surface area contributed by atoms with E-state index in [4.69, 9.17) is 9.47 Å². The second-order valence-electron chi connectivity index (χ2n) is 5.33. The molecule has 0 atom stereocenters. The Labute approximate surface area is 136 Å². The lowest BCUT2D eigenvalue weighted by molar-refractivity contribution is 0.0762. The van der Waals surface area contributed by atoms with E-state index >= 15 is 0 Å². The minimum Gasteiger partial charge on any atom is -0.493 e. The van der Waals surface area contributed by atoms with E-state index in [1.165, 1.54) is 19.1 Å². The first-order valence-corrected chi connectivity index (χ1v) is 7.13. The predicted octanol–water partition coefficient (Wildman–Crippen LogP) is 3.28. The molecule has 126 valence electrons. The van der Waals surface area contributed by atoms with Crippen LogP contribution < -0.4 is 9.47 Å². The highest BCUT2D eigenvalue weighted by atomic mass is 19.2. The first kappa shape index (κ1) is 16.2. The van der Waals surface area contributed by atoms with Crippen LogP contribution in [0.2, 0.25) is 0 Å². The third-order valence-corrected chi connectivity index (χ3v) is 3.97. The Hall–Kier alpha value is -2.70. The summed E-state index contributed by atoms with van der Waals surface area (Å²) in [6.45, 7) is 0.0367. The van der Waals surface area contributed by atoms with Gasteiger partial charge in [-0.25, -0.2) is 13.2 Å². The van der Waals surface area contributed by atoms with Gasteiger partial charge >= 0.3 is 0 Å². The lowest BCUT2D eigenvalue weighted by atomic mass is 10.1. The van der Waals surface area contributed by atoms with E-state index in [-0.39, 0.29) is 24.6 Å². The molecule has 7 heteroatoms. The second kappa shape index (κ2) is 6.07. The summed E-state index contributed by atoms with van der Waals surface area (Å²) in [5, 5.41) is 0. The van der Waals surface area contributed by atoms with Gasteiger partial charge in [-0.2, -0.15) is 0 Å². The Bertz CT molecular complexity index is 823. The molecule has 1 aliphatic heterocycles. The molecular weight excluding hydrogens is 323 g/mol. The molecule has 0 N–H and O–H groups in total. The number of methoxy groups -OCH3 is 2. The molecule has 0 bridgehead atoms. The Kier molecular flexibility index (Phi) is 4.09. The largest absolute Gasteiger partial charge is 0.493 e. The van der Waals surface area contributed by atoms with Crippen molar-refractivity contribution >= 4 is 5.91 Å². The maximum atomic E-state index is 13.8. The van der Waals surface area contributed by atoms with E-state index in [2.05, 4.69) is 0 Å². The number of fused-ring (bicyclic) bond motifs is 1. The standard InChI is InChI=1S/C17H14F3NO3/c1-23-12-6-4-9-7-21(17(22)13(9)16(12)24-2)8-10-3-5-11(18)15(20)14(10)19/h3-6H,7-8H2,1-2H3. The van der Waals surface area contributed by atoms with Gasteiger partial charge in [0.15, 0.2) is 29.0 Å². The van der Waals surface area contributed by atoms with Gasteiger partial charge in [0.1, 0.15) is 0 Å². The number of amides is 1. The lowest BCUT2D eigenvalue weighted by Gasteiger charge is -2.16. The molecule has 0 aliphatic carbocycles. The Morgan fingerprint density at radius 1 is 1.04 bits per heavy atom. The SMILES string of the molecule is COc1ccc2c(c1OC)C(=O)N(Cc1ccc(F)c(F)c1F)C2. The van der Waals surface area contributed by atoms with E-state index in [9.17, 15) is 18.0 Å². The van der Waals surface area contributed by atoms with Crippen molar-refractivity contribution in [1.29, 1.82) is 0 Å². The molecule has 0 aromatic heterocycles. The molecule has 2 aromatic rings. The smallest absolute Gasteiger partial charge is 0.258 e. The molecule has 0 unspecified atom stereocenters. The quantitative estimate of drug-likeness (QED) is 0.804. The molecule has 3 rings (SSSR count). The molecule has 0 saturated carbocycles. The average molecular weight is 337 g/mol. The van der Waals surface area contributed by atoms with Crippen LogP contribution in [0.3, 0.4) is 0 Å². The van der Waals surface area contributed by atoms with Crippen LogP contribution in [-0.2, 0) is 13.1 Å². The van der Waals surface area contributed by atoms with Gasteiger partial charge in [-0.3, -0.25) is 4.79 Å². The fourth-order valence-electron chi connectivity index (χ4n) is 2.79. The highest BCUT2D eigenvalue weighted by molar-refractivity contribution is 6.01. The summed E-state index contributed by atoms with van der Waals surface area (Å²) in [4.78, 5) is 13.9. The summed E-state index contributed by atoms with van der Waals surface area (Å²) in [6, 6.07) is 5.36. The molecule has 0 spiro atoms.